The number of nitriles is 1. The average Bonchev–Trinajstić information content (AvgIpc) is 1.99. The topological polar surface area (TPSA) is 23.8 Å². The van der Waals surface area contributed by atoms with Crippen molar-refractivity contribution in [2.24, 2.45) is 0 Å². The molecule has 0 spiro atoms. The van der Waals surface area contributed by atoms with Crippen LogP contribution in [0.25, 0.3) is 0 Å². The smallest absolute Gasteiger partial charge is 0.101 e. The minimum absolute atomic E-state index is 0.605. The van der Waals surface area contributed by atoms with Crippen LogP contribution in [0, 0.1) is 18.3 Å². The van der Waals surface area contributed by atoms with Crippen LogP contribution in [-0.2, 0) is 0 Å². The zero-order valence-corrected chi connectivity index (χ0v) is 8.41. The summed E-state index contributed by atoms with van der Waals surface area (Å²) in [6.07, 6.45) is 0. The summed E-state index contributed by atoms with van der Waals surface area (Å²) in [5.41, 5.74) is 1.63. The van der Waals surface area contributed by atoms with Crippen molar-refractivity contribution in [1.29, 1.82) is 5.26 Å². The summed E-state index contributed by atoms with van der Waals surface area (Å²) >= 11 is 7.48. The van der Waals surface area contributed by atoms with Crippen molar-refractivity contribution in [3.8, 4) is 6.07 Å². The fraction of sp³-hybridized carbons (Fsp3) is 0.125. The van der Waals surface area contributed by atoms with Gasteiger partial charge in [-0.25, -0.2) is 0 Å². The summed E-state index contributed by atoms with van der Waals surface area (Å²) in [5, 5.41) is 8.69. The Balaban J connectivity index is 3.44. The Morgan fingerprint density at radius 3 is 2.64 bits per heavy atom. The van der Waals surface area contributed by atoms with E-state index in [0.29, 0.717) is 5.56 Å². The Bertz CT molecular complexity index is 328. The lowest BCUT2D eigenvalue weighted by Gasteiger charge is -2.01. The first kappa shape index (κ1) is 8.63. The van der Waals surface area contributed by atoms with Gasteiger partial charge in [0.15, 0.2) is 0 Å². The maximum atomic E-state index is 8.69. The highest BCUT2D eigenvalue weighted by Gasteiger charge is 2.04. The van der Waals surface area contributed by atoms with E-state index in [1.54, 1.807) is 0 Å². The van der Waals surface area contributed by atoms with Crippen LogP contribution in [0.3, 0.4) is 0 Å². The lowest BCUT2D eigenvalue weighted by molar-refractivity contribution is 1.26. The molecule has 0 amide bonds. The van der Waals surface area contributed by atoms with Gasteiger partial charge in [0.25, 0.3) is 0 Å². The van der Waals surface area contributed by atoms with E-state index in [4.69, 9.17) is 5.26 Å². The Morgan fingerprint density at radius 1 is 1.55 bits per heavy atom. The molecule has 11 heavy (non-hydrogen) atoms. The molecule has 1 rings (SSSR count). The van der Waals surface area contributed by atoms with Gasteiger partial charge in [0.05, 0.1) is 5.56 Å². The molecule has 0 heterocycles. The highest BCUT2D eigenvalue weighted by atomic mass is 79.9. The third-order valence-electron chi connectivity index (χ3n) is 1.44. The Hall–Kier alpha value is -0.460. The molecule has 1 aromatic rings. The predicted octanol–water partition coefficient (Wildman–Crippen LogP) is 2.92. The Kier molecular flexibility index (Phi) is 2.58. The first-order valence-electron chi connectivity index (χ1n) is 3.05. The van der Waals surface area contributed by atoms with Gasteiger partial charge in [-0.2, -0.15) is 5.26 Å². The molecule has 0 N–H and O–H groups in total. The molecule has 3 heteroatoms. The molecule has 0 aromatic heterocycles. The molecule has 1 aromatic carbocycles. The lowest BCUT2D eigenvalue weighted by Crippen LogP contribution is -1.84. The van der Waals surface area contributed by atoms with Gasteiger partial charge in [-0.1, -0.05) is 6.07 Å². The second-order valence-corrected chi connectivity index (χ2v) is 3.50. The number of halogens is 1. The molecule has 0 bridgehead atoms. The quantitative estimate of drug-likeness (QED) is 0.678. The molecule has 0 aliphatic rings. The summed E-state index contributed by atoms with van der Waals surface area (Å²) in [6, 6.07) is 5.86. The molecule has 0 unspecified atom stereocenters. The minimum atomic E-state index is 0.605. The Labute approximate surface area is 79.6 Å². The molecular formula is C8H6BrNS. The second kappa shape index (κ2) is 3.29. The summed E-state index contributed by atoms with van der Waals surface area (Å²) in [7, 11) is 0. The van der Waals surface area contributed by atoms with E-state index in [2.05, 4.69) is 34.6 Å². The highest BCUT2D eigenvalue weighted by Crippen LogP contribution is 2.25. The SMILES string of the molecule is Cc1ccc(Br)c(C#N)c1S. The monoisotopic (exact) mass is 227 g/mol. The van der Waals surface area contributed by atoms with Crippen molar-refractivity contribution < 1.29 is 0 Å². The van der Waals surface area contributed by atoms with E-state index < -0.39 is 0 Å². The number of nitrogens with zero attached hydrogens (tertiary/aromatic N) is 1. The van der Waals surface area contributed by atoms with E-state index in [0.717, 1.165) is 14.9 Å². The number of aryl methyl sites for hydroxylation is 1. The number of hydrogen-bond donors (Lipinski definition) is 1. The summed E-state index contributed by atoms with van der Waals surface area (Å²) in [4.78, 5) is 0.752. The van der Waals surface area contributed by atoms with Gasteiger partial charge in [0.2, 0.25) is 0 Å². The number of thiol groups is 1. The summed E-state index contributed by atoms with van der Waals surface area (Å²) in [5.74, 6) is 0. The van der Waals surface area contributed by atoms with Crippen LogP contribution < -0.4 is 0 Å². The van der Waals surface area contributed by atoms with E-state index in [1.807, 2.05) is 19.1 Å². The second-order valence-electron chi connectivity index (χ2n) is 2.20. The van der Waals surface area contributed by atoms with Crippen molar-refractivity contribution in [3.63, 3.8) is 0 Å². The van der Waals surface area contributed by atoms with Crippen LogP contribution in [-0.4, -0.2) is 0 Å². The van der Waals surface area contributed by atoms with Gasteiger partial charge >= 0.3 is 0 Å². The minimum Gasteiger partial charge on any atom is -0.192 e. The Morgan fingerprint density at radius 2 is 2.18 bits per heavy atom. The number of benzene rings is 1. The van der Waals surface area contributed by atoms with Crippen LogP contribution in [0.5, 0.6) is 0 Å². The van der Waals surface area contributed by atoms with Gasteiger partial charge in [-0.15, -0.1) is 12.6 Å². The van der Waals surface area contributed by atoms with E-state index in [1.165, 1.54) is 0 Å². The predicted molar refractivity (Wildman–Crippen MR) is 50.8 cm³/mol. The largest absolute Gasteiger partial charge is 0.192 e. The van der Waals surface area contributed by atoms with Crippen LogP contribution in [0.4, 0.5) is 0 Å². The maximum absolute atomic E-state index is 8.69. The number of hydrogen-bond acceptors (Lipinski definition) is 2. The van der Waals surface area contributed by atoms with Crippen molar-refractivity contribution in [3.05, 3.63) is 27.7 Å². The lowest BCUT2D eigenvalue weighted by atomic mass is 10.1. The van der Waals surface area contributed by atoms with Crippen molar-refractivity contribution >= 4 is 28.6 Å². The third kappa shape index (κ3) is 1.58. The number of rotatable bonds is 0. The fourth-order valence-electron chi connectivity index (χ4n) is 0.777. The van der Waals surface area contributed by atoms with Gasteiger partial charge < -0.3 is 0 Å². The fourth-order valence-corrected chi connectivity index (χ4v) is 1.59. The highest BCUT2D eigenvalue weighted by molar-refractivity contribution is 9.10. The maximum Gasteiger partial charge on any atom is 0.101 e. The van der Waals surface area contributed by atoms with E-state index >= 15 is 0 Å². The van der Waals surface area contributed by atoms with Crippen LogP contribution in [0.15, 0.2) is 21.5 Å². The summed E-state index contributed by atoms with van der Waals surface area (Å²) in [6.45, 7) is 1.93. The zero-order chi connectivity index (χ0) is 8.43. The summed E-state index contributed by atoms with van der Waals surface area (Å²) < 4.78 is 0.801. The molecule has 0 fully saturated rings. The molecule has 0 saturated carbocycles. The third-order valence-corrected chi connectivity index (χ3v) is 2.68. The van der Waals surface area contributed by atoms with E-state index in [-0.39, 0.29) is 0 Å². The molecular weight excluding hydrogens is 222 g/mol. The zero-order valence-electron chi connectivity index (χ0n) is 5.93. The first-order valence-corrected chi connectivity index (χ1v) is 4.29. The molecule has 0 aliphatic carbocycles. The molecule has 1 nitrogen and oxygen atoms in total. The van der Waals surface area contributed by atoms with Crippen LogP contribution in [0.2, 0.25) is 0 Å². The molecule has 0 radical (unpaired) electrons. The first-order chi connectivity index (χ1) is 5.16. The van der Waals surface area contributed by atoms with E-state index in [9.17, 15) is 0 Å². The molecule has 0 aliphatic heterocycles. The van der Waals surface area contributed by atoms with Gasteiger partial charge in [0.1, 0.15) is 6.07 Å². The van der Waals surface area contributed by atoms with Crippen molar-refractivity contribution in [1.82, 2.24) is 0 Å². The van der Waals surface area contributed by atoms with Crippen LogP contribution in [0.1, 0.15) is 11.1 Å². The van der Waals surface area contributed by atoms with Crippen molar-refractivity contribution in [2.45, 2.75) is 11.8 Å². The molecule has 56 valence electrons. The normalized spacial score (nSPS) is 9.27. The van der Waals surface area contributed by atoms with Crippen molar-refractivity contribution in [2.75, 3.05) is 0 Å². The molecule has 0 saturated heterocycles. The van der Waals surface area contributed by atoms with Gasteiger partial charge in [0, 0.05) is 9.37 Å². The van der Waals surface area contributed by atoms with Gasteiger partial charge in [-0.05, 0) is 34.5 Å². The van der Waals surface area contributed by atoms with Crippen LogP contribution >= 0.6 is 28.6 Å². The van der Waals surface area contributed by atoms with Gasteiger partial charge in [-0.3, -0.25) is 0 Å². The molecule has 0 atom stereocenters. The standard InChI is InChI=1S/C8H6BrNS/c1-5-2-3-7(9)6(4-10)8(5)11/h2-3,11H,1H3. The average molecular weight is 228 g/mol.